The van der Waals surface area contributed by atoms with Gasteiger partial charge in [-0.05, 0) is 47.4 Å². The first-order chi connectivity index (χ1) is 13.7. The molecule has 0 radical (unpaired) electrons. The molecular formula is C22H21N3O3. The number of hydrogen-bond donors (Lipinski definition) is 1. The second-order valence-electron chi connectivity index (χ2n) is 6.51. The maximum Gasteiger partial charge on any atom is 0.326 e. The predicted molar refractivity (Wildman–Crippen MR) is 109 cm³/mol. The van der Waals surface area contributed by atoms with Crippen LogP contribution in [0.1, 0.15) is 5.56 Å². The lowest BCUT2D eigenvalue weighted by molar-refractivity contribution is 0.257. The fraction of sp³-hybridized carbons (Fsp3) is 0.182. The van der Waals surface area contributed by atoms with Crippen molar-refractivity contribution >= 4 is 17.4 Å². The van der Waals surface area contributed by atoms with Gasteiger partial charge in [0.1, 0.15) is 11.5 Å². The monoisotopic (exact) mass is 375 g/mol. The average molecular weight is 375 g/mol. The molecule has 6 nitrogen and oxygen atoms in total. The zero-order valence-corrected chi connectivity index (χ0v) is 15.8. The molecule has 0 atom stereocenters. The van der Waals surface area contributed by atoms with Gasteiger partial charge in [0, 0.05) is 48.5 Å². The van der Waals surface area contributed by atoms with Crippen LogP contribution in [-0.4, -0.2) is 31.8 Å². The molecule has 142 valence electrons. The van der Waals surface area contributed by atoms with E-state index in [9.17, 15) is 4.79 Å². The number of carbonyl (C=O) groups excluding carboxylic acids is 1. The quantitative estimate of drug-likeness (QED) is 0.736. The van der Waals surface area contributed by atoms with Crippen molar-refractivity contribution < 1.29 is 14.3 Å². The van der Waals surface area contributed by atoms with E-state index in [0.717, 1.165) is 28.8 Å². The number of rotatable bonds is 4. The highest BCUT2D eigenvalue weighted by atomic mass is 16.5. The predicted octanol–water partition coefficient (Wildman–Crippen LogP) is 4.36. The van der Waals surface area contributed by atoms with Crippen molar-refractivity contribution in [3.63, 3.8) is 0 Å². The van der Waals surface area contributed by atoms with E-state index in [2.05, 4.69) is 16.4 Å². The minimum atomic E-state index is -0.175. The maximum absolute atomic E-state index is 12.9. The van der Waals surface area contributed by atoms with Crippen LogP contribution in [0.3, 0.4) is 0 Å². The van der Waals surface area contributed by atoms with Gasteiger partial charge in [-0.15, -0.1) is 0 Å². The second kappa shape index (κ2) is 7.60. The molecule has 2 heterocycles. The Morgan fingerprint density at radius 3 is 2.36 bits per heavy atom. The molecule has 4 rings (SSSR count). The van der Waals surface area contributed by atoms with Crippen LogP contribution in [0.15, 0.2) is 60.9 Å². The molecule has 28 heavy (non-hydrogen) atoms. The third kappa shape index (κ3) is 3.49. The number of pyridine rings is 1. The molecule has 0 saturated carbocycles. The summed E-state index contributed by atoms with van der Waals surface area (Å²) in [5, 5.41) is 2.94. The highest BCUT2D eigenvalue weighted by Crippen LogP contribution is 2.33. The Hall–Kier alpha value is -3.54. The first-order valence-corrected chi connectivity index (χ1v) is 9.03. The van der Waals surface area contributed by atoms with Crippen LogP contribution < -0.4 is 19.7 Å². The summed E-state index contributed by atoms with van der Waals surface area (Å²) in [5.74, 6) is 1.25. The molecule has 1 aliphatic heterocycles. The molecule has 1 N–H and O–H groups in total. The number of carbonyl (C=O) groups is 1. The topological polar surface area (TPSA) is 63.7 Å². The first kappa shape index (κ1) is 17.9. The molecule has 1 aliphatic rings. The van der Waals surface area contributed by atoms with Crippen molar-refractivity contribution in [2.75, 3.05) is 31.0 Å². The highest BCUT2D eigenvalue weighted by Gasteiger charge is 2.25. The zero-order valence-electron chi connectivity index (χ0n) is 15.8. The number of benzene rings is 2. The maximum atomic E-state index is 12.9. The molecule has 2 aromatic carbocycles. The van der Waals surface area contributed by atoms with Crippen LogP contribution >= 0.6 is 0 Å². The lowest BCUT2D eigenvalue weighted by Gasteiger charge is -2.19. The Labute approximate surface area is 163 Å². The molecule has 0 spiro atoms. The van der Waals surface area contributed by atoms with E-state index in [1.807, 2.05) is 24.3 Å². The summed E-state index contributed by atoms with van der Waals surface area (Å²) in [6.07, 6.45) is 4.39. The second-order valence-corrected chi connectivity index (χ2v) is 6.51. The normalized spacial score (nSPS) is 12.4. The molecule has 2 amide bonds. The van der Waals surface area contributed by atoms with Crippen molar-refractivity contribution in [3.8, 4) is 22.6 Å². The summed E-state index contributed by atoms with van der Waals surface area (Å²) >= 11 is 0. The number of amides is 2. The van der Waals surface area contributed by atoms with E-state index in [1.54, 1.807) is 49.7 Å². The number of aromatic nitrogens is 1. The van der Waals surface area contributed by atoms with E-state index >= 15 is 0 Å². The molecule has 1 aromatic heterocycles. The van der Waals surface area contributed by atoms with Crippen LogP contribution in [0, 0.1) is 0 Å². The van der Waals surface area contributed by atoms with Gasteiger partial charge in [-0.2, -0.15) is 0 Å². The lowest BCUT2D eigenvalue weighted by atomic mass is 10.0. The molecule has 0 unspecified atom stereocenters. The van der Waals surface area contributed by atoms with E-state index in [0.29, 0.717) is 23.7 Å². The Morgan fingerprint density at radius 1 is 0.964 bits per heavy atom. The Kier molecular flexibility index (Phi) is 4.85. The Bertz CT molecular complexity index is 983. The summed E-state index contributed by atoms with van der Waals surface area (Å²) in [6.45, 7) is 0.641. The molecule has 0 aliphatic carbocycles. The Balaban J connectivity index is 1.55. The van der Waals surface area contributed by atoms with E-state index in [-0.39, 0.29) is 6.03 Å². The number of fused-ring (bicyclic) bond motifs is 1. The lowest BCUT2D eigenvalue weighted by Crippen LogP contribution is -2.33. The number of ether oxygens (including phenoxy) is 2. The molecule has 0 saturated heterocycles. The molecule has 0 bridgehead atoms. The van der Waals surface area contributed by atoms with E-state index < -0.39 is 0 Å². The van der Waals surface area contributed by atoms with Crippen molar-refractivity contribution in [1.29, 1.82) is 0 Å². The number of methoxy groups -OCH3 is 2. The van der Waals surface area contributed by atoms with Gasteiger partial charge in [-0.25, -0.2) is 4.79 Å². The summed E-state index contributed by atoms with van der Waals surface area (Å²) < 4.78 is 10.5. The SMILES string of the molecule is COc1cc(NC(=O)N2CCc3cc(-c4ccncc4)ccc32)cc(OC)c1. The molecule has 3 aromatic rings. The number of urea groups is 1. The van der Waals surface area contributed by atoms with Crippen LogP contribution in [-0.2, 0) is 6.42 Å². The average Bonchev–Trinajstić information content (AvgIpc) is 3.17. The van der Waals surface area contributed by atoms with Gasteiger partial charge in [0.25, 0.3) is 0 Å². The van der Waals surface area contributed by atoms with Crippen LogP contribution in [0.5, 0.6) is 11.5 Å². The molecular weight excluding hydrogens is 354 g/mol. The third-order valence-corrected chi connectivity index (χ3v) is 4.84. The zero-order chi connectivity index (χ0) is 19.5. The van der Waals surface area contributed by atoms with Crippen molar-refractivity contribution in [1.82, 2.24) is 4.98 Å². The summed E-state index contributed by atoms with van der Waals surface area (Å²) in [6, 6.07) is 15.3. The third-order valence-electron chi connectivity index (χ3n) is 4.84. The smallest absolute Gasteiger partial charge is 0.326 e. The van der Waals surface area contributed by atoms with Gasteiger partial charge in [-0.1, -0.05) is 6.07 Å². The Morgan fingerprint density at radius 2 is 1.68 bits per heavy atom. The van der Waals surface area contributed by atoms with Gasteiger partial charge < -0.3 is 14.8 Å². The van der Waals surface area contributed by atoms with Gasteiger partial charge in [0.2, 0.25) is 0 Å². The highest BCUT2D eigenvalue weighted by molar-refractivity contribution is 6.03. The van der Waals surface area contributed by atoms with Gasteiger partial charge in [-0.3, -0.25) is 9.88 Å². The largest absolute Gasteiger partial charge is 0.497 e. The first-order valence-electron chi connectivity index (χ1n) is 9.03. The number of nitrogens with zero attached hydrogens (tertiary/aromatic N) is 2. The summed E-state index contributed by atoms with van der Waals surface area (Å²) in [7, 11) is 3.16. The number of anilines is 2. The van der Waals surface area contributed by atoms with E-state index in [4.69, 9.17) is 9.47 Å². The van der Waals surface area contributed by atoms with E-state index in [1.165, 1.54) is 0 Å². The standard InChI is InChI=1S/C22H21N3O3/c1-27-19-12-18(13-20(14-19)28-2)24-22(26)25-10-7-17-11-16(3-4-21(17)25)15-5-8-23-9-6-15/h3-6,8-9,11-14H,7,10H2,1-2H3,(H,24,26). The van der Waals surface area contributed by atoms with Gasteiger partial charge >= 0.3 is 6.03 Å². The van der Waals surface area contributed by atoms with Crippen LogP contribution in [0.2, 0.25) is 0 Å². The molecule has 0 fully saturated rings. The van der Waals surface area contributed by atoms with Crippen molar-refractivity contribution in [2.45, 2.75) is 6.42 Å². The fourth-order valence-corrected chi connectivity index (χ4v) is 3.41. The number of hydrogen-bond acceptors (Lipinski definition) is 4. The summed E-state index contributed by atoms with van der Waals surface area (Å²) in [5.41, 5.74) is 4.96. The number of nitrogens with one attached hydrogen (secondary N) is 1. The van der Waals surface area contributed by atoms with Crippen molar-refractivity contribution in [2.24, 2.45) is 0 Å². The van der Waals surface area contributed by atoms with Gasteiger partial charge in [0.05, 0.1) is 14.2 Å². The van der Waals surface area contributed by atoms with Crippen LogP contribution in [0.25, 0.3) is 11.1 Å². The minimum Gasteiger partial charge on any atom is -0.497 e. The van der Waals surface area contributed by atoms with Crippen molar-refractivity contribution in [3.05, 3.63) is 66.5 Å². The molecule has 6 heteroatoms. The van der Waals surface area contributed by atoms with Gasteiger partial charge in [0.15, 0.2) is 0 Å². The minimum absolute atomic E-state index is 0.175. The van der Waals surface area contributed by atoms with Crippen LogP contribution in [0.4, 0.5) is 16.2 Å². The summed E-state index contributed by atoms with van der Waals surface area (Å²) in [4.78, 5) is 18.7. The fourth-order valence-electron chi connectivity index (χ4n) is 3.41.